The molecule has 0 aromatic heterocycles. The molecule has 166 valence electrons. The van der Waals surface area contributed by atoms with E-state index in [9.17, 15) is 9.59 Å². The SMILES string of the molecule is CC(C)N1CCC(C(=O)N2CCCC(COc3cccc(Cl)c3)(CC(N)=O)C2)CC1. The highest BCUT2D eigenvalue weighted by Gasteiger charge is 2.41. The molecule has 7 heteroatoms. The van der Waals surface area contributed by atoms with Gasteiger partial charge in [-0.25, -0.2) is 0 Å². The van der Waals surface area contributed by atoms with E-state index in [2.05, 4.69) is 18.7 Å². The monoisotopic (exact) mass is 435 g/mol. The molecule has 0 saturated carbocycles. The van der Waals surface area contributed by atoms with E-state index in [-0.39, 0.29) is 24.2 Å². The lowest BCUT2D eigenvalue weighted by Crippen LogP contribution is -2.52. The molecule has 0 radical (unpaired) electrons. The molecule has 2 aliphatic rings. The van der Waals surface area contributed by atoms with E-state index in [0.717, 1.165) is 45.3 Å². The number of amides is 2. The van der Waals surface area contributed by atoms with Gasteiger partial charge in [-0.15, -0.1) is 0 Å². The first kappa shape index (κ1) is 22.9. The minimum absolute atomic E-state index is 0.0678. The summed E-state index contributed by atoms with van der Waals surface area (Å²) in [6.07, 6.45) is 3.67. The largest absolute Gasteiger partial charge is 0.493 e. The third kappa shape index (κ3) is 5.88. The van der Waals surface area contributed by atoms with E-state index < -0.39 is 5.41 Å². The van der Waals surface area contributed by atoms with E-state index in [1.807, 2.05) is 17.0 Å². The molecule has 0 aliphatic carbocycles. The quantitative estimate of drug-likeness (QED) is 0.712. The first-order valence-corrected chi connectivity index (χ1v) is 11.4. The van der Waals surface area contributed by atoms with Crippen molar-refractivity contribution in [1.82, 2.24) is 9.80 Å². The second-order valence-corrected chi connectivity index (χ2v) is 9.59. The molecule has 1 unspecified atom stereocenters. The Bertz CT molecular complexity index is 749. The van der Waals surface area contributed by atoms with Crippen LogP contribution in [-0.2, 0) is 9.59 Å². The number of carbonyl (C=O) groups is 2. The molecule has 1 aromatic rings. The maximum absolute atomic E-state index is 13.3. The number of likely N-dealkylation sites (tertiary alicyclic amines) is 2. The van der Waals surface area contributed by atoms with Gasteiger partial charge in [0.25, 0.3) is 0 Å². The number of hydrogen-bond acceptors (Lipinski definition) is 4. The lowest BCUT2D eigenvalue weighted by atomic mass is 9.77. The van der Waals surface area contributed by atoms with Crippen LogP contribution < -0.4 is 10.5 Å². The molecule has 2 saturated heterocycles. The number of halogens is 1. The van der Waals surface area contributed by atoms with Crippen molar-refractivity contribution in [1.29, 1.82) is 0 Å². The number of carbonyl (C=O) groups excluding carboxylic acids is 2. The average molecular weight is 436 g/mol. The zero-order valence-electron chi connectivity index (χ0n) is 18.1. The number of benzene rings is 1. The Labute approximate surface area is 184 Å². The van der Waals surface area contributed by atoms with Gasteiger partial charge in [-0.2, -0.15) is 0 Å². The topological polar surface area (TPSA) is 75.9 Å². The Kier molecular flexibility index (Phi) is 7.64. The molecular formula is C23H34ClN3O3. The summed E-state index contributed by atoms with van der Waals surface area (Å²) in [4.78, 5) is 29.5. The molecule has 2 N–H and O–H groups in total. The van der Waals surface area contributed by atoms with Gasteiger partial charge in [-0.3, -0.25) is 9.59 Å². The van der Waals surface area contributed by atoms with Crippen LogP contribution in [0.15, 0.2) is 24.3 Å². The van der Waals surface area contributed by atoms with Gasteiger partial charge in [-0.05, 0) is 70.8 Å². The third-order valence-electron chi connectivity index (χ3n) is 6.47. The molecule has 2 heterocycles. The Morgan fingerprint density at radius 3 is 2.63 bits per heavy atom. The van der Waals surface area contributed by atoms with Crippen LogP contribution in [0.25, 0.3) is 0 Å². The van der Waals surface area contributed by atoms with Crippen LogP contribution in [0.3, 0.4) is 0 Å². The van der Waals surface area contributed by atoms with Gasteiger partial charge < -0.3 is 20.3 Å². The molecule has 0 spiro atoms. The highest BCUT2D eigenvalue weighted by Crippen LogP contribution is 2.36. The highest BCUT2D eigenvalue weighted by atomic mass is 35.5. The lowest BCUT2D eigenvalue weighted by Gasteiger charge is -2.44. The van der Waals surface area contributed by atoms with Gasteiger partial charge in [0.2, 0.25) is 11.8 Å². The minimum atomic E-state index is -0.458. The number of piperidine rings is 2. The van der Waals surface area contributed by atoms with Crippen molar-refractivity contribution in [2.75, 3.05) is 32.8 Å². The fourth-order valence-corrected chi connectivity index (χ4v) is 4.97. The summed E-state index contributed by atoms with van der Waals surface area (Å²) < 4.78 is 6.01. The predicted molar refractivity (Wildman–Crippen MR) is 118 cm³/mol. The number of rotatable bonds is 7. The molecule has 2 aliphatic heterocycles. The van der Waals surface area contributed by atoms with Crippen molar-refractivity contribution in [3.8, 4) is 5.75 Å². The van der Waals surface area contributed by atoms with Crippen LogP contribution in [0.4, 0.5) is 0 Å². The number of nitrogens with two attached hydrogens (primary N) is 1. The molecule has 2 fully saturated rings. The van der Waals surface area contributed by atoms with Gasteiger partial charge in [0.1, 0.15) is 5.75 Å². The molecule has 6 nitrogen and oxygen atoms in total. The number of primary amides is 1. The molecule has 1 aromatic carbocycles. The third-order valence-corrected chi connectivity index (χ3v) is 6.71. The summed E-state index contributed by atoms with van der Waals surface area (Å²) in [5, 5.41) is 0.602. The Hall–Kier alpha value is -1.79. The predicted octanol–water partition coefficient (Wildman–Crippen LogP) is 3.32. The normalized spacial score (nSPS) is 23.5. The van der Waals surface area contributed by atoms with Crippen LogP contribution in [0.2, 0.25) is 5.02 Å². The van der Waals surface area contributed by atoms with Gasteiger partial charge in [-0.1, -0.05) is 17.7 Å². The first-order valence-electron chi connectivity index (χ1n) is 11.0. The fourth-order valence-electron chi connectivity index (χ4n) is 4.79. The maximum Gasteiger partial charge on any atom is 0.225 e. The Morgan fingerprint density at radius 1 is 1.27 bits per heavy atom. The number of nitrogens with zero attached hydrogens (tertiary/aromatic N) is 2. The van der Waals surface area contributed by atoms with Crippen molar-refractivity contribution in [3.63, 3.8) is 0 Å². The lowest BCUT2D eigenvalue weighted by molar-refractivity contribution is -0.143. The fraction of sp³-hybridized carbons (Fsp3) is 0.652. The highest BCUT2D eigenvalue weighted by molar-refractivity contribution is 6.30. The Balaban J connectivity index is 1.66. The first-order chi connectivity index (χ1) is 14.3. The van der Waals surface area contributed by atoms with Crippen LogP contribution in [0, 0.1) is 11.3 Å². The summed E-state index contributed by atoms with van der Waals surface area (Å²) in [6.45, 7) is 7.92. The summed E-state index contributed by atoms with van der Waals surface area (Å²) >= 11 is 6.06. The minimum Gasteiger partial charge on any atom is -0.493 e. The molecule has 0 bridgehead atoms. The van der Waals surface area contributed by atoms with Gasteiger partial charge in [0, 0.05) is 41.9 Å². The Morgan fingerprint density at radius 2 is 2.00 bits per heavy atom. The van der Waals surface area contributed by atoms with Crippen LogP contribution in [0.5, 0.6) is 5.75 Å². The van der Waals surface area contributed by atoms with Crippen molar-refractivity contribution in [3.05, 3.63) is 29.3 Å². The number of ether oxygens (including phenoxy) is 1. The van der Waals surface area contributed by atoms with Crippen LogP contribution in [0.1, 0.15) is 46.0 Å². The molecule has 30 heavy (non-hydrogen) atoms. The summed E-state index contributed by atoms with van der Waals surface area (Å²) in [7, 11) is 0. The molecule has 1 atom stereocenters. The van der Waals surface area contributed by atoms with E-state index in [4.69, 9.17) is 22.1 Å². The zero-order valence-corrected chi connectivity index (χ0v) is 18.9. The van der Waals surface area contributed by atoms with E-state index in [0.29, 0.717) is 30.0 Å². The van der Waals surface area contributed by atoms with Crippen molar-refractivity contribution >= 4 is 23.4 Å². The summed E-state index contributed by atoms with van der Waals surface area (Å²) in [5.41, 5.74) is 5.13. The molecule has 3 rings (SSSR count). The maximum atomic E-state index is 13.3. The van der Waals surface area contributed by atoms with Crippen molar-refractivity contribution in [2.45, 2.75) is 52.0 Å². The van der Waals surface area contributed by atoms with Crippen molar-refractivity contribution in [2.24, 2.45) is 17.1 Å². The van der Waals surface area contributed by atoms with Crippen LogP contribution >= 0.6 is 11.6 Å². The van der Waals surface area contributed by atoms with Crippen LogP contribution in [-0.4, -0.2) is 60.4 Å². The summed E-state index contributed by atoms with van der Waals surface area (Å²) in [5.74, 6) is 0.591. The van der Waals surface area contributed by atoms with E-state index >= 15 is 0 Å². The smallest absolute Gasteiger partial charge is 0.225 e. The average Bonchev–Trinajstić information content (AvgIpc) is 2.71. The second-order valence-electron chi connectivity index (χ2n) is 9.16. The second kappa shape index (κ2) is 10.0. The van der Waals surface area contributed by atoms with Gasteiger partial charge >= 0.3 is 0 Å². The van der Waals surface area contributed by atoms with Gasteiger partial charge in [0.15, 0.2) is 0 Å². The van der Waals surface area contributed by atoms with Crippen molar-refractivity contribution < 1.29 is 14.3 Å². The number of hydrogen-bond donors (Lipinski definition) is 1. The standard InChI is InChI=1S/C23H34ClN3O3/c1-17(2)26-11-7-18(8-12-26)22(29)27-10-4-9-23(15-27,14-21(25)28)16-30-20-6-3-5-19(24)13-20/h3,5-6,13,17-18H,4,7-12,14-16H2,1-2H3,(H2,25,28). The van der Waals surface area contributed by atoms with E-state index in [1.54, 1.807) is 12.1 Å². The van der Waals surface area contributed by atoms with E-state index in [1.165, 1.54) is 0 Å². The van der Waals surface area contributed by atoms with Gasteiger partial charge in [0.05, 0.1) is 6.61 Å². The zero-order chi connectivity index (χ0) is 21.7. The molecule has 2 amide bonds. The molecular weight excluding hydrogens is 402 g/mol. The summed E-state index contributed by atoms with van der Waals surface area (Å²) in [6, 6.07) is 7.74.